The molecule has 0 bridgehead atoms. The van der Waals surface area contributed by atoms with Crippen LogP contribution in [-0.2, 0) is 0 Å². The molecular formula is C9H5N3O2. The molecule has 2 heterocycles. The van der Waals surface area contributed by atoms with Gasteiger partial charge in [0.05, 0.1) is 5.56 Å². The number of nitriles is 1. The molecule has 2 rings (SSSR count). The Kier molecular flexibility index (Phi) is 1.68. The third-order valence-corrected chi connectivity index (χ3v) is 1.88. The first-order chi connectivity index (χ1) is 6.72. The van der Waals surface area contributed by atoms with Crippen LogP contribution in [0, 0.1) is 11.3 Å². The molecule has 0 radical (unpaired) electrons. The van der Waals surface area contributed by atoms with Crippen molar-refractivity contribution in [2.45, 2.75) is 0 Å². The molecular weight excluding hydrogens is 182 g/mol. The van der Waals surface area contributed by atoms with E-state index >= 15 is 0 Å². The zero-order chi connectivity index (χ0) is 10.1. The fourth-order valence-corrected chi connectivity index (χ4v) is 1.22. The maximum Gasteiger partial charge on any atom is 0.354 e. The number of fused-ring (bicyclic) bond motifs is 1. The Morgan fingerprint density at radius 3 is 3.00 bits per heavy atom. The summed E-state index contributed by atoms with van der Waals surface area (Å²) in [7, 11) is 0. The first kappa shape index (κ1) is 8.26. The van der Waals surface area contributed by atoms with Gasteiger partial charge in [0.2, 0.25) is 0 Å². The number of carbonyl (C=O) groups is 1. The highest BCUT2D eigenvalue weighted by Crippen LogP contribution is 2.15. The molecule has 0 spiro atoms. The van der Waals surface area contributed by atoms with Crippen molar-refractivity contribution in [3.8, 4) is 6.07 Å². The highest BCUT2D eigenvalue weighted by Gasteiger charge is 2.08. The van der Waals surface area contributed by atoms with Gasteiger partial charge in [0.25, 0.3) is 0 Å². The number of hydrogen-bond acceptors (Lipinski definition) is 3. The van der Waals surface area contributed by atoms with E-state index in [9.17, 15) is 4.79 Å². The molecule has 2 aromatic heterocycles. The van der Waals surface area contributed by atoms with Gasteiger partial charge in [-0.3, -0.25) is 0 Å². The Labute approximate surface area is 78.6 Å². The van der Waals surface area contributed by atoms with Crippen molar-refractivity contribution in [1.29, 1.82) is 5.26 Å². The molecule has 5 nitrogen and oxygen atoms in total. The fourth-order valence-electron chi connectivity index (χ4n) is 1.22. The second kappa shape index (κ2) is 2.85. The highest BCUT2D eigenvalue weighted by atomic mass is 16.4. The lowest BCUT2D eigenvalue weighted by molar-refractivity contribution is 0.0691. The molecule has 0 unspecified atom stereocenters. The van der Waals surface area contributed by atoms with E-state index in [-0.39, 0.29) is 5.69 Å². The summed E-state index contributed by atoms with van der Waals surface area (Å²) in [5.41, 5.74) is 0.842. The van der Waals surface area contributed by atoms with Crippen molar-refractivity contribution in [3.63, 3.8) is 0 Å². The molecule has 68 valence electrons. The Morgan fingerprint density at radius 1 is 1.57 bits per heavy atom. The maximum absolute atomic E-state index is 10.6. The molecule has 0 aliphatic rings. The summed E-state index contributed by atoms with van der Waals surface area (Å²) >= 11 is 0. The van der Waals surface area contributed by atoms with Crippen molar-refractivity contribution in [2.75, 3.05) is 0 Å². The largest absolute Gasteiger partial charge is 0.477 e. The number of carboxylic acids is 1. The van der Waals surface area contributed by atoms with Gasteiger partial charge < -0.3 is 10.1 Å². The predicted octanol–water partition coefficient (Wildman–Crippen LogP) is 1.13. The van der Waals surface area contributed by atoms with E-state index in [0.29, 0.717) is 16.6 Å². The Hall–Kier alpha value is -2.35. The van der Waals surface area contributed by atoms with Crippen LogP contribution < -0.4 is 0 Å². The average molecular weight is 187 g/mol. The van der Waals surface area contributed by atoms with Crippen molar-refractivity contribution in [1.82, 2.24) is 9.97 Å². The molecule has 0 aromatic carbocycles. The summed E-state index contributed by atoms with van der Waals surface area (Å²) in [6.45, 7) is 0. The Balaban J connectivity index is 2.70. The van der Waals surface area contributed by atoms with Gasteiger partial charge in [0, 0.05) is 11.6 Å². The van der Waals surface area contributed by atoms with Crippen LogP contribution in [0.1, 0.15) is 16.1 Å². The maximum atomic E-state index is 10.6. The number of hydrogen-bond donors (Lipinski definition) is 2. The minimum Gasteiger partial charge on any atom is -0.477 e. The van der Waals surface area contributed by atoms with E-state index in [4.69, 9.17) is 10.4 Å². The minimum atomic E-state index is -1.08. The molecule has 0 saturated heterocycles. The van der Waals surface area contributed by atoms with E-state index in [1.807, 2.05) is 6.07 Å². The van der Waals surface area contributed by atoms with E-state index in [0.717, 1.165) is 0 Å². The van der Waals surface area contributed by atoms with Crippen LogP contribution in [0.4, 0.5) is 0 Å². The van der Waals surface area contributed by atoms with Crippen molar-refractivity contribution in [2.24, 2.45) is 0 Å². The highest BCUT2D eigenvalue weighted by molar-refractivity contribution is 5.90. The lowest BCUT2D eigenvalue weighted by atomic mass is 10.2. The van der Waals surface area contributed by atoms with E-state index in [1.54, 1.807) is 6.07 Å². The Morgan fingerprint density at radius 2 is 2.36 bits per heavy atom. The zero-order valence-electron chi connectivity index (χ0n) is 6.98. The molecule has 0 aliphatic heterocycles. The van der Waals surface area contributed by atoms with Crippen LogP contribution in [0.15, 0.2) is 18.3 Å². The van der Waals surface area contributed by atoms with Gasteiger partial charge in [0.1, 0.15) is 11.7 Å². The molecule has 2 N–H and O–H groups in total. The quantitative estimate of drug-likeness (QED) is 0.700. The predicted molar refractivity (Wildman–Crippen MR) is 47.8 cm³/mol. The second-order valence-corrected chi connectivity index (χ2v) is 2.71. The summed E-state index contributed by atoms with van der Waals surface area (Å²) in [6.07, 6.45) is 1.50. The number of nitrogens with zero attached hydrogens (tertiary/aromatic N) is 2. The number of aromatic nitrogens is 2. The van der Waals surface area contributed by atoms with Gasteiger partial charge in [-0.1, -0.05) is 0 Å². The average Bonchev–Trinajstić information content (AvgIpc) is 2.59. The lowest BCUT2D eigenvalue weighted by Gasteiger charge is -1.93. The first-order valence-electron chi connectivity index (χ1n) is 3.84. The van der Waals surface area contributed by atoms with Gasteiger partial charge in [-0.05, 0) is 12.1 Å². The monoisotopic (exact) mass is 187 g/mol. The van der Waals surface area contributed by atoms with Gasteiger partial charge in [0.15, 0.2) is 5.69 Å². The van der Waals surface area contributed by atoms with E-state index in [2.05, 4.69) is 9.97 Å². The molecule has 0 saturated carbocycles. The number of pyridine rings is 1. The van der Waals surface area contributed by atoms with Gasteiger partial charge in [-0.15, -0.1) is 0 Å². The summed E-state index contributed by atoms with van der Waals surface area (Å²) in [4.78, 5) is 17.2. The smallest absolute Gasteiger partial charge is 0.354 e. The number of aromatic carboxylic acids is 1. The third-order valence-electron chi connectivity index (χ3n) is 1.88. The number of carboxylic acid groups (broad SMARTS) is 1. The summed E-state index contributed by atoms with van der Waals surface area (Å²) < 4.78 is 0. The van der Waals surface area contributed by atoms with Crippen molar-refractivity contribution < 1.29 is 9.90 Å². The molecule has 0 amide bonds. The van der Waals surface area contributed by atoms with Crippen LogP contribution in [0.3, 0.4) is 0 Å². The van der Waals surface area contributed by atoms with E-state index < -0.39 is 5.97 Å². The number of H-pyrrole nitrogens is 1. The molecule has 14 heavy (non-hydrogen) atoms. The van der Waals surface area contributed by atoms with Gasteiger partial charge >= 0.3 is 5.97 Å². The summed E-state index contributed by atoms with van der Waals surface area (Å²) in [6, 6.07) is 4.92. The first-order valence-corrected chi connectivity index (χ1v) is 3.84. The van der Waals surface area contributed by atoms with Crippen molar-refractivity contribution in [3.05, 3.63) is 29.6 Å². The summed E-state index contributed by atoms with van der Waals surface area (Å²) in [5.74, 6) is -1.08. The van der Waals surface area contributed by atoms with E-state index in [1.165, 1.54) is 12.3 Å². The number of rotatable bonds is 1. The normalized spacial score (nSPS) is 9.93. The van der Waals surface area contributed by atoms with Crippen LogP contribution >= 0.6 is 0 Å². The number of aromatic amines is 1. The van der Waals surface area contributed by atoms with Crippen molar-refractivity contribution >= 4 is 17.0 Å². The summed E-state index contributed by atoms with van der Waals surface area (Å²) in [5, 5.41) is 18.0. The standard InChI is InChI=1S/C9H5N3O2/c10-3-5-4-11-8-6(5)1-2-7(12-8)9(13)14/h1-2,4H,(H,11,12)(H,13,14). The zero-order valence-corrected chi connectivity index (χ0v) is 6.98. The fraction of sp³-hybridized carbons (Fsp3) is 0. The second-order valence-electron chi connectivity index (χ2n) is 2.71. The van der Waals surface area contributed by atoms with Gasteiger partial charge in [-0.25, -0.2) is 9.78 Å². The van der Waals surface area contributed by atoms with Gasteiger partial charge in [-0.2, -0.15) is 5.26 Å². The lowest BCUT2D eigenvalue weighted by Crippen LogP contribution is -1.99. The van der Waals surface area contributed by atoms with Crippen LogP contribution in [0.5, 0.6) is 0 Å². The topological polar surface area (TPSA) is 89.8 Å². The number of nitrogens with one attached hydrogen (secondary N) is 1. The SMILES string of the molecule is N#Cc1c[nH]c2nc(C(=O)O)ccc12. The molecule has 5 heteroatoms. The molecule has 2 aromatic rings. The molecule has 0 aliphatic carbocycles. The van der Waals surface area contributed by atoms with Crippen LogP contribution in [0.25, 0.3) is 11.0 Å². The minimum absolute atomic E-state index is 0.0381. The van der Waals surface area contributed by atoms with Crippen LogP contribution in [-0.4, -0.2) is 21.0 Å². The Bertz CT molecular complexity index is 551. The molecule has 0 fully saturated rings. The molecule has 0 atom stereocenters. The van der Waals surface area contributed by atoms with Crippen LogP contribution in [0.2, 0.25) is 0 Å². The third kappa shape index (κ3) is 1.10.